The zero-order chi connectivity index (χ0) is 22.3. The second kappa shape index (κ2) is 14.4. The van der Waals surface area contributed by atoms with Gasteiger partial charge < -0.3 is 19.5 Å². The molecule has 31 heavy (non-hydrogen) atoms. The minimum Gasteiger partial charge on any atom is -0.493 e. The molecule has 0 bridgehead atoms. The fraction of sp³-hybridized carbons (Fsp3) is 0.417. The van der Waals surface area contributed by atoms with Gasteiger partial charge in [0.2, 0.25) is 0 Å². The van der Waals surface area contributed by atoms with Crippen LogP contribution in [0.3, 0.4) is 0 Å². The van der Waals surface area contributed by atoms with Crippen LogP contribution >= 0.6 is 12.2 Å². The third kappa shape index (κ3) is 9.36. The van der Waals surface area contributed by atoms with E-state index in [1.165, 1.54) is 12.8 Å². The molecule has 7 heteroatoms. The van der Waals surface area contributed by atoms with Crippen molar-refractivity contribution in [2.24, 2.45) is 0 Å². The number of rotatable bonds is 13. The van der Waals surface area contributed by atoms with Gasteiger partial charge in [0.05, 0.1) is 18.8 Å². The van der Waals surface area contributed by atoms with Crippen LogP contribution in [0.2, 0.25) is 0 Å². The lowest BCUT2D eigenvalue weighted by Crippen LogP contribution is -2.34. The molecule has 0 atom stereocenters. The van der Waals surface area contributed by atoms with Crippen LogP contribution in [0, 0.1) is 0 Å². The predicted molar refractivity (Wildman–Crippen MR) is 128 cm³/mol. The molecule has 2 aromatic rings. The van der Waals surface area contributed by atoms with Gasteiger partial charge in [-0.05, 0) is 49.8 Å². The van der Waals surface area contributed by atoms with Crippen LogP contribution in [0.15, 0.2) is 48.5 Å². The highest BCUT2D eigenvalue weighted by Crippen LogP contribution is 2.19. The molecule has 0 saturated carbocycles. The number of amides is 1. The maximum Gasteiger partial charge on any atom is 0.261 e. The molecule has 2 aromatic carbocycles. The number of carbonyl (C=O) groups excluding carboxylic acids is 1. The van der Waals surface area contributed by atoms with Crippen molar-refractivity contribution in [1.29, 1.82) is 0 Å². The zero-order valence-corrected chi connectivity index (χ0v) is 19.1. The van der Waals surface area contributed by atoms with E-state index in [2.05, 4.69) is 17.6 Å². The van der Waals surface area contributed by atoms with Gasteiger partial charge in [-0.2, -0.15) is 0 Å². The Hall–Kier alpha value is -2.64. The highest BCUT2D eigenvalue weighted by molar-refractivity contribution is 7.80. The maximum absolute atomic E-state index is 12.7. The molecular formula is C24H32N2O4S. The molecule has 0 aromatic heterocycles. The van der Waals surface area contributed by atoms with E-state index in [-0.39, 0.29) is 11.0 Å². The molecule has 0 unspecified atom stereocenters. The van der Waals surface area contributed by atoms with E-state index < -0.39 is 0 Å². The van der Waals surface area contributed by atoms with Crippen molar-refractivity contribution in [3.63, 3.8) is 0 Å². The minimum absolute atomic E-state index is 0.203. The summed E-state index contributed by atoms with van der Waals surface area (Å²) in [4.78, 5) is 12.7. The standard InChI is InChI=1S/C24H32N2O4S/c1-3-5-6-9-15-30-22-14-8-7-13-21(22)23(27)26-24(31)25-19-11-10-12-20(18-19)29-17-16-28-4-2/h7-8,10-14,18H,3-6,9,15-17H2,1-2H3,(H2,25,26,27,31). The quantitative estimate of drug-likeness (QED) is 0.327. The molecule has 2 rings (SSSR count). The highest BCUT2D eigenvalue weighted by Gasteiger charge is 2.13. The van der Waals surface area contributed by atoms with Gasteiger partial charge in [0.1, 0.15) is 18.1 Å². The van der Waals surface area contributed by atoms with Crippen molar-refractivity contribution in [2.45, 2.75) is 39.5 Å². The van der Waals surface area contributed by atoms with Gasteiger partial charge in [-0.3, -0.25) is 10.1 Å². The Balaban J connectivity index is 1.88. The molecule has 6 nitrogen and oxygen atoms in total. The van der Waals surface area contributed by atoms with E-state index in [1.807, 2.05) is 37.3 Å². The second-order valence-electron chi connectivity index (χ2n) is 6.89. The van der Waals surface area contributed by atoms with Crippen molar-refractivity contribution >= 4 is 28.9 Å². The van der Waals surface area contributed by atoms with Crippen LogP contribution in [0.5, 0.6) is 11.5 Å². The lowest BCUT2D eigenvalue weighted by Gasteiger charge is -2.14. The zero-order valence-electron chi connectivity index (χ0n) is 18.3. The first-order chi connectivity index (χ1) is 15.1. The summed E-state index contributed by atoms with van der Waals surface area (Å²) >= 11 is 5.31. The van der Waals surface area contributed by atoms with Gasteiger partial charge in [-0.1, -0.05) is 44.4 Å². The molecule has 0 aliphatic carbocycles. The summed E-state index contributed by atoms with van der Waals surface area (Å²) in [5, 5.41) is 5.94. The number of para-hydroxylation sites is 1. The number of carbonyl (C=O) groups is 1. The van der Waals surface area contributed by atoms with Gasteiger partial charge in [0.15, 0.2) is 5.11 Å². The normalized spacial score (nSPS) is 10.4. The summed E-state index contributed by atoms with van der Waals surface area (Å²) in [6.45, 7) is 6.35. The average molecular weight is 445 g/mol. The van der Waals surface area contributed by atoms with Crippen LogP contribution in [-0.4, -0.2) is 37.4 Å². The molecule has 0 radical (unpaired) electrons. The Labute approximate surface area is 190 Å². The summed E-state index contributed by atoms with van der Waals surface area (Å²) in [6, 6.07) is 14.6. The van der Waals surface area contributed by atoms with Crippen LogP contribution in [-0.2, 0) is 4.74 Å². The Morgan fingerprint density at radius 3 is 2.58 bits per heavy atom. The van der Waals surface area contributed by atoms with Crippen molar-refractivity contribution in [3.8, 4) is 11.5 Å². The third-order valence-corrected chi connectivity index (χ3v) is 4.61. The van der Waals surface area contributed by atoms with Crippen molar-refractivity contribution in [1.82, 2.24) is 5.32 Å². The molecule has 0 aliphatic heterocycles. The largest absolute Gasteiger partial charge is 0.493 e. The molecule has 0 saturated heterocycles. The van der Waals surface area contributed by atoms with Gasteiger partial charge in [-0.15, -0.1) is 0 Å². The number of nitrogens with one attached hydrogen (secondary N) is 2. The van der Waals surface area contributed by atoms with Gasteiger partial charge in [0, 0.05) is 18.4 Å². The number of thiocarbonyl (C=S) groups is 1. The van der Waals surface area contributed by atoms with E-state index in [1.54, 1.807) is 18.2 Å². The van der Waals surface area contributed by atoms with Gasteiger partial charge >= 0.3 is 0 Å². The summed E-state index contributed by atoms with van der Waals surface area (Å²) in [5.74, 6) is 0.940. The van der Waals surface area contributed by atoms with Crippen LogP contribution in [0.25, 0.3) is 0 Å². The van der Waals surface area contributed by atoms with E-state index in [4.69, 9.17) is 26.4 Å². The third-order valence-electron chi connectivity index (χ3n) is 4.41. The molecule has 0 fully saturated rings. The maximum atomic E-state index is 12.7. The van der Waals surface area contributed by atoms with E-state index in [9.17, 15) is 4.79 Å². The average Bonchev–Trinajstić information content (AvgIpc) is 2.77. The molecule has 0 heterocycles. The number of anilines is 1. The van der Waals surface area contributed by atoms with E-state index >= 15 is 0 Å². The van der Waals surface area contributed by atoms with Gasteiger partial charge in [-0.25, -0.2) is 0 Å². The number of benzene rings is 2. The molecule has 2 N–H and O–H groups in total. The van der Waals surface area contributed by atoms with Crippen molar-refractivity contribution < 1.29 is 19.0 Å². The molecule has 1 amide bonds. The fourth-order valence-corrected chi connectivity index (χ4v) is 3.06. The summed E-state index contributed by atoms with van der Waals surface area (Å²) < 4.78 is 16.7. The fourth-order valence-electron chi connectivity index (χ4n) is 2.85. The van der Waals surface area contributed by atoms with Gasteiger partial charge in [0.25, 0.3) is 5.91 Å². The minimum atomic E-state index is -0.314. The summed E-state index contributed by atoms with van der Waals surface area (Å²) in [6.07, 6.45) is 4.44. The molecular weight excluding hydrogens is 412 g/mol. The Kier molecular flexibility index (Phi) is 11.4. The smallest absolute Gasteiger partial charge is 0.261 e. The predicted octanol–water partition coefficient (Wildman–Crippen LogP) is 5.19. The monoisotopic (exact) mass is 444 g/mol. The summed E-state index contributed by atoms with van der Waals surface area (Å²) in [5.41, 5.74) is 1.18. The van der Waals surface area contributed by atoms with Crippen molar-refractivity contribution in [3.05, 3.63) is 54.1 Å². The Bertz CT molecular complexity index is 829. The van der Waals surface area contributed by atoms with Crippen LogP contribution < -0.4 is 20.1 Å². The molecule has 0 aliphatic rings. The number of ether oxygens (including phenoxy) is 3. The first kappa shape index (κ1) is 24.6. The lowest BCUT2D eigenvalue weighted by molar-refractivity contribution is 0.0973. The summed E-state index contributed by atoms with van der Waals surface area (Å²) in [7, 11) is 0. The number of hydrogen-bond acceptors (Lipinski definition) is 5. The van der Waals surface area contributed by atoms with Crippen LogP contribution in [0.1, 0.15) is 49.9 Å². The van der Waals surface area contributed by atoms with E-state index in [0.717, 1.165) is 18.5 Å². The Morgan fingerprint density at radius 1 is 0.935 bits per heavy atom. The topological polar surface area (TPSA) is 68.8 Å². The molecule has 168 valence electrons. The SMILES string of the molecule is CCCCCCOc1ccccc1C(=O)NC(=S)Nc1cccc(OCCOCC)c1. The lowest BCUT2D eigenvalue weighted by atomic mass is 10.2. The van der Waals surface area contributed by atoms with E-state index in [0.29, 0.717) is 43.5 Å². The number of hydrogen-bond donors (Lipinski definition) is 2. The first-order valence-electron chi connectivity index (χ1n) is 10.8. The second-order valence-corrected chi connectivity index (χ2v) is 7.29. The number of unbranched alkanes of at least 4 members (excludes halogenated alkanes) is 3. The highest BCUT2D eigenvalue weighted by atomic mass is 32.1. The molecule has 0 spiro atoms. The first-order valence-corrected chi connectivity index (χ1v) is 11.2. The van der Waals surface area contributed by atoms with Crippen LogP contribution in [0.4, 0.5) is 5.69 Å². The van der Waals surface area contributed by atoms with Crippen molar-refractivity contribution in [2.75, 3.05) is 31.7 Å². The Morgan fingerprint density at radius 2 is 1.77 bits per heavy atom.